The van der Waals surface area contributed by atoms with Gasteiger partial charge in [0.1, 0.15) is 10.8 Å². The standard InChI is InChI=1S/C20H28N6OS2/c1-14-18(15(2)24-25-20(21)22)29-19(23-14)16-5-7-17(8-6-16)27-11-4-3-9-26-10-12-28-13-26/h5-8H,3-4,9-13H2,1-2H3,(H4,21,22,25)/b24-15+. The molecule has 0 amide bonds. The minimum atomic E-state index is -0.0580. The van der Waals surface area contributed by atoms with Gasteiger partial charge in [-0.1, -0.05) is 0 Å². The maximum Gasteiger partial charge on any atom is 0.211 e. The molecule has 0 spiro atoms. The molecule has 1 aliphatic heterocycles. The molecule has 0 radical (unpaired) electrons. The van der Waals surface area contributed by atoms with E-state index in [0.717, 1.165) is 45.6 Å². The second kappa shape index (κ2) is 10.6. The summed E-state index contributed by atoms with van der Waals surface area (Å²) in [5.41, 5.74) is 13.4. The lowest BCUT2D eigenvalue weighted by atomic mass is 10.2. The number of ether oxygens (including phenoxy) is 1. The summed E-state index contributed by atoms with van der Waals surface area (Å²) in [6.45, 7) is 6.98. The lowest BCUT2D eigenvalue weighted by Crippen LogP contribution is -2.22. The van der Waals surface area contributed by atoms with Gasteiger partial charge in [0.2, 0.25) is 5.96 Å². The molecule has 1 aromatic carbocycles. The molecule has 3 rings (SSSR count). The van der Waals surface area contributed by atoms with Gasteiger partial charge in [-0.05, 0) is 57.5 Å². The smallest absolute Gasteiger partial charge is 0.211 e. The van der Waals surface area contributed by atoms with E-state index in [1.807, 2.05) is 49.9 Å². The van der Waals surface area contributed by atoms with Crippen LogP contribution >= 0.6 is 23.1 Å². The van der Waals surface area contributed by atoms with Crippen LogP contribution in [0.1, 0.15) is 30.3 Å². The topological polar surface area (TPSA) is 102 Å². The Morgan fingerprint density at radius 2 is 2.00 bits per heavy atom. The third-order valence-corrected chi connectivity index (χ3v) is 6.84. The van der Waals surface area contributed by atoms with Gasteiger partial charge in [-0.2, -0.15) is 5.10 Å². The van der Waals surface area contributed by atoms with E-state index in [2.05, 4.69) is 20.1 Å². The lowest BCUT2D eigenvalue weighted by molar-refractivity contribution is 0.284. The van der Waals surface area contributed by atoms with E-state index in [9.17, 15) is 0 Å². The molecule has 1 aliphatic rings. The zero-order valence-corrected chi connectivity index (χ0v) is 18.6. The van der Waals surface area contributed by atoms with Crippen molar-refractivity contribution in [3.05, 3.63) is 34.8 Å². The Kier molecular flexibility index (Phi) is 7.91. The molecule has 0 bridgehead atoms. The molecule has 156 valence electrons. The molecular formula is C20H28N6OS2. The van der Waals surface area contributed by atoms with Crippen molar-refractivity contribution >= 4 is 34.8 Å². The monoisotopic (exact) mass is 432 g/mol. The first-order chi connectivity index (χ1) is 14.0. The van der Waals surface area contributed by atoms with Crippen LogP contribution in [0, 0.1) is 6.92 Å². The summed E-state index contributed by atoms with van der Waals surface area (Å²) in [6.07, 6.45) is 2.26. The minimum absolute atomic E-state index is 0.0580. The van der Waals surface area contributed by atoms with Crippen molar-refractivity contribution in [2.45, 2.75) is 26.7 Å². The second-order valence-corrected chi connectivity index (χ2v) is 8.95. The largest absolute Gasteiger partial charge is 0.494 e. The molecule has 1 saturated heterocycles. The normalized spacial score (nSPS) is 14.9. The number of thioether (sulfide) groups is 1. The molecule has 0 atom stereocenters. The molecule has 7 nitrogen and oxygen atoms in total. The summed E-state index contributed by atoms with van der Waals surface area (Å²) in [7, 11) is 0. The highest BCUT2D eigenvalue weighted by Crippen LogP contribution is 2.29. The van der Waals surface area contributed by atoms with Crippen LogP contribution in [-0.4, -0.2) is 52.9 Å². The fourth-order valence-electron chi connectivity index (χ4n) is 2.98. The van der Waals surface area contributed by atoms with Crippen LogP contribution < -0.4 is 16.2 Å². The van der Waals surface area contributed by atoms with Crippen LogP contribution in [0.3, 0.4) is 0 Å². The average Bonchev–Trinajstić information content (AvgIpc) is 3.36. The minimum Gasteiger partial charge on any atom is -0.494 e. The van der Waals surface area contributed by atoms with E-state index in [0.29, 0.717) is 0 Å². The number of nitrogens with two attached hydrogens (primary N) is 2. The van der Waals surface area contributed by atoms with Gasteiger partial charge in [0.25, 0.3) is 0 Å². The Balaban J connectivity index is 1.52. The van der Waals surface area contributed by atoms with Gasteiger partial charge >= 0.3 is 0 Å². The number of aryl methyl sites for hydroxylation is 1. The molecule has 1 fully saturated rings. The molecule has 2 aromatic rings. The third-order valence-electron chi connectivity index (χ3n) is 4.51. The maximum atomic E-state index is 5.88. The highest BCUT2D eigenvalue weighted by atomic mass is 32.2. The fraction of sp³-hybridized carbons (Fsp3) is 0.450. The van der Waals surface area contributed by atoms with Crippen molar-refractivity contribution in [3.8, 4) is 16.3 Å². The van der Waals surface area contributed by atoms with Crippen LogP contribution in [-0.2, 0) is 0 Å². The van der Waals surface area contributed by atoms with Crippen LogP contribution in [0.5, 0.6) is 5.75 Å². The van der Waals surface area contributed by atoms with Crippen LogP contribution in [0.25, 0.3) is 10.6 Å². The van der Waals surface area contributed by atoms with Crippen molar-refractivity contribution in [2.75, 3.05) is 31.3 Å². The molecule has 0 aliphatic carbocycles. The van der Waals surface area contributed by atoms with Crippen LogP contribution in [0.2, 0.25) is 0 Å². The van der Waals surface area contributed by atoms with E-state index in [-0.39, 0.29) is 5.96 Å². The Bertz CT molecular complexity index is 852. The first-order valence-corrected chi connectivity index (χ1v) is 11.6. The molecular weight excluding hydrogens is 404 g/mol. The van der Waals surface area contributed by atoms with Crippen molar-refractivity contribution < 1.29 is 4.74 Å². The van der Waals surface area contributed by atoms with Crippen LogP contribution in [0.4, 0.5) is 0 Å². The van der Waals surface area contributed by atoms with Gasteiger partial charge in [0.15, 0.2) is 0 Å². The summed E-state index contributed by atoms with van der Waals surface area (Å²) in [5, 5.41) is 8.71. The highest BCUT2D eigenvalue weighted by Gasteiger charge is 2.13. The second-order valence-electron chi connectivity index (χ2n) is 6.88. The molecule has 2 heterocycles. The van der Waals surface area contributed by atoms with E-state index < -0.39 is 0 Å². The summed E-state index contributed by atoms with van der Waals surface area (Å²) in [5.74, 6) is 3.28. The Morgan fingerprint density at radius 3 is 2.69 bits per heavy atom. The molecule has 29 heavy (non-hydrogen) atoms. The summed E-state index contributed by atoms with van der Waals surface area (Å²) in [4.78, 5) is 8.14. The van der Waals surface area contributed by atoms with Gasteiger partial charge in [-0.3, -0.25) is 4.90 Å². The number of aromatic nitrogens is 1. The summed E-state index contributed by atoms with van der Waals surface area (Å²) in [6, 6.07) is 8.09. The van der Waals surface area contributed by atoms with E-state index in [1.165, 1.54) is 31.1 Å². The fourth-order valence-corrected chi connectivity index (χ4v) is 5.03. The van der Waals surface area contributed by atoms with Gasteiger partial charge in [-0.25, -0.2) is 4.98 Å². The first kappa shape index (κ1) is 21.6. The number of hydrogen-bond acceptors (Lipinski definition) is 7. The average molecular weight is 433 g/mol. The van der Waals surface area contributed by atoms with Crippen molar-refractivity contribution in [1.82, 2.24) is 9.88 Å². The van der Waals surface area contributed by atoms with E-state index in [1.54, 1.807) is 11.3 Å². The Labute approximate surface area is 180 Å². The Hall–Kier alpha value is -2.10. The third kappa shape index (κ3) is 6.45. The van der Waals surface area contributed by atoms with Gasteiger partial charge in [0.05, 0.1) is 22.9 Å². The Morgan fingerprint density at radius 1 is 1.21 bits per heavy atom. The summed E-state index contributed by atoms with van der Waals surface area (Å²) >= 11 is 3.59. The number of guanidine groups is 1. The van der Waals surface area contributed by atoms with E-state index in [4.69, 9.17) is 16.2 Å². The van der Waals surface area contributed by atoms with Crippen molar-refractivity contribution in [2.24, 2.45) is 21.7 Å². The molecule has 4 N–H and O–H groups in total. The number of rotatable bonds is 9. The summed E-state index contributed by atoms with van der Waals surface area (Å²) < 4.78 is 5.88. The lowest BCUT2D eigenvalue weighted by Gasteiger charge is -2.13. The predicted molar refractivity (Wildman–Crippen MR) is 124 cm³/mol. The number of nitrogens with zero attached hydrogens (tertiary/aromatic N) is 4. The molecule has 0 unspecified atom stereocenters. The zero-order valence-electron chi connectivity index (χ0n) is 16.9. The van der Waals surface area contributed by atoms with Crippen molar-refractivity contribution in [3.63, 3.8) is 0 Å². The van der Waals surface area contributed by atoms with Gasteiger partial charge in [0, 0.05) is 23.7 Å². The number of benzene rings is 1. The number of unbranched alkanes of at least 4 members (excludes halogenated alkanes) is 1. The highest BCUT2D eigenvalue weighted by molar-refractivity contribution is 7.99. The van der Waals surface area contributed by atoms with Crippen LogP contribution in [0.15, 0.2) is 34.5 Å². The SMILES string of the molecule is C/C(=N\N=C(N)N)c1sc(-c2ccc(OCCCCN3CCSC3)cc2)nc1C. The van der Waals surface area contributed by atoms with Gasteiger partial charge < -0.3 is 16.2 Å². The van der Waals surface area contributed by atoms with E-state index >= 15 is 0 Å². The predicted octanol–water partition coefficient (Wildman–Crippen LogP) is 3.28. The van der Waals surface area contributed by atoms with Gasteiger partial charge in [-0.15, -0.1) is 28.2 Å². The first-order valence-electron chi connectivity index (χ1n) is 9.67. The molecule has 0 saturated carbocycles. The molecule has 1 aromatic heterocycles. The number of thiazole rings is 1. The number of hydrogen-bond donors (Lipinski definition) is 2. The van der Waals surface area contributed by atoms with Crippen molar-refractivity contribution in [1.29, 1.82) is 0 Å². The zero-order chi connectivity index (χ0) is 20.6. The molecule has 9 heteroatoms. The quantitative estimate of drug-likeness (QED) is 0.273. The maximum absolute atomic E-state index is 5.88.